The van der Waals surface area contributed by atoms with E-state index in [0.29, 0.717) is 0 Å². The minimum Gasteiger partial charge on any atom is -0.382 e. The standard InChI is InChI=1S/C10H14ClNO6/c1-4(13)7(15)8-10(16,5(2)14)3-6(12-17)9(11)18-8/h6-9,15-16H,3H2,1-2H3/t6-,7?,8-,9?,10-/m1/s1. The van der Waals surface area contributed by atoms with Crippen LogP contribution in [-0.4, -0.2) is 51.2 Å². The average molecular weight is 280 g/mol. The number of halogens is 1. The summed E-state index contributed by atoms with van der Waals surface area (Å²) in [5.41, 5.74) is -3.36. The van der Waals surface area contributed by atoms with E-state index in [4.69, 9.17) is 16.3 Å². The zero-order valence-electron chi connectivity index (χ0n) is 9.87. The van der Waals surface area contributed by atoms with Gasteiger partial charge in [-0.3, -0.25) is 9.59 Å². The van der Waals surface area contributed by atoms with Crippen LogP contribution in [0.3, 0.4) is 0 Å². The lowest BCUT2D eigenvalue weighted by molar-refractivity contribution is -0.199. The van der Waals surface area contributed by atoms with Crippen molar-refractivity contribution in [2.45, 2.75) is 49.7 Å². The molecule has 0 radical (unpaired) electrons. The van der Waals surface area contributed by atoms with Crippen LogP contribution in [-0.2, 0) is 14.3 Å². The quantitative estimate of drug-likeness (QED) is 0.542. The number of hydrogen-bond acceptors (Lipinski definition) is 7. The number of ether oxygens (including phenoxy) is 1. The summed E-state index contributed by atoms with van der Waals surface area (Å²) in [4.78, 5) is 33.1. The summed E-state index contributed by atoms with van der Waals surface area (Å²) in [5, 5.41) is 22.5. The fraction of sp³-hybridized carbons (Fsp3) is 0.800. The third-order valence-corrected chi connectivity index (χ3v) is 3.41. The van der Waals surface area contributed by atoms with E-state index >= 15 is 0 Å². The Morgan fingerprint density at radius 2 is 2.06 bits per heavy atom. The third kappa shape index (κ3) is 2.59. The van der Waals surface area contributed by atoms with Gasteiger partial charge in [-0.15, -0.1) is 0 Å². The normalized spacial score (nSPS) is 37.9. The van der Waals surface area contributed by atoms with Crippen LogP contribution in [0.15, 0.2) is 5.18 Å². The number of carbonyl (C=O) groups is 2. The Hall–Kier alpha value is -0.890. The molecule has 1 aliphatic heterocycles. The van der Waals surface area contributed by atoms with Gasteiger partial charge in [0.05, 0.1) is 0 Å². The van der Waals surface area contributed by atoms with E-state index in [0.717, 1.165) is 13.8 Å². The van der Waals surface area contributed by atoms with Crippen LogP contribution in [0.1, 0.15) is 20.3 Å². The molecule has 1 rings (SSSR count). The maximum atomic E-state index is 11.5. The second kappa shape index (κ2) is 5.40. The van der Waals surface area contributed by atoms with Gasteiger partial charge in [-0.05, 0) is 13.8 Å². The second-order valence-electron chi connectivity index (χ2n) is 4.32. The van der Waals surface area contributed by atoms with Crippen LogP contribution in [0.5, 0.6) is 0 Å². The fourth-order valence-electron chi connectivity index (χ4n) is 1.85. The summed E-state index contributed by atoms with van der Waals surface area (Å²) < 4.78 is 5.02. The number of hydrogen-bond donors (Lipinski definition) is 2. The molecule has 0 bridgehead atoms. The number of nitrogens with zero attached hydrogens (tertiary/aromatic N) is 1. The molecule has 2 N–H and O–H groups in total. The van der Waals surface area contributed by atoms with Gasteiger partial charge in [-0.25, -0.2) is 0 Å². The van der Waals surface area contributed by atoms with E-state index in [1.807, 2.05) is 0 Å². The first-order valence-electron chi connectivity index (χ1n) is 5.28. The summed E-state index contributed by atoms with van der Waals surface area (Å²) in [6, 6.07) is -1.13. The lowest BCUT2D eigenvalue weighted by Gasteiger charge is -2.42. The Morgan fingerprint density at radius 1 is 1.50 bits per heavy atom. The van der Waals surface area contributed by atoms with Gasteiger partial charge in [-0.1, -0.05) is 16.8 Å². The first kappa shape index (κ1) is 15.2. The minimum absolute atomic E-state index is 0.394. The first-order chi connectivity index (χ1) is 8.24. The molecule has 1 aliphatic rings. The smallest absolute Gasteiger partial charge is 0.164 e. The molecule has 5 atom stereocenters. The zero-order chi connectivity index (χ0) is 14.1. The first-order valence-corrected chi connectivity index (χ1v) is 5.71. The number of carbonyl (C=O) groups excluding carboxylic acids is 2. The maximum absolute atomic E-state index is 11.5. The van der Waals surface area contributed by atoms with Crippen LogP contribution in [0.25, 0.3) is 0 Å². The minimum atomic E-state index is -2.16. The van der Waals surface area contributed by atoms with Crippen molar-refractivity contribution in [3.05, 3.63) is 4.91 Å². The number of ketones is 2. The molecule has 18 heavy (non-hydrogen) atoms. The van der Waals surface area contributed by atoms with Gasteiger partial charge < -0.3 is 14.9 Å². The van der Waals surface area contributed by atoms with Crippen LogP contribution in [0.4, 0.5) is 0 Å². The number of nitroso groups, excluding NO2 is 1. The Kier molecular flexibility index (Phi) is 4.55. The van der Waals surface area contributed by atoms with Crippen molar-refractivity contribution < 1.29 is 24.5 Å². The van der Waals surface area contributed by atoms with E-state index in [9.17, 15) is 24.7 Å². The molecule has 1 saturated heterocycles. The third-order valence-electron chi connectivity index (χ3n) is 3.02. The molecule has 0 saturated carbocycles. The van der Waals surface area contributed by atoms with Crippen molar-refractivity contribution >= 4 is 23.2 Å². The SMILES string of the molecule is CC(=O)C(O)[C@H]1OC(Cl)[C@H](N=O)C[C@@]1(O)C(C)=O. The van der Waals surface area contributed by atoms with E-state index in [1.54, 1.807) is 0 Å². The number of rotatable bonds is 4. The highest BCUT2D eigenvalue weighted by molar-refractivity contribution is 6.20. The van der Waals surface area contributed by atoms with E-state index < -0.39 is 47.4 Å². The molecular formula is C10H14ClNO6. The predicted molar refractivity (Wildman–Crippen MR) is 61.0 cm³/mol. The summed E-state index contributed by atoms with van der Waals surface area (Å²) in [6.07, 6.45) is -3.60. The zero-order valence-corrected chi connectivity index (χ0v) is 10.6. The van der Waals surface area contributed by atoms with Gasteiger partial charge in [-0.2, -0.15) is 4.91 Å². The highest BCUT2D eigenvalue weighted by Crippen LogP contribution is 2.35. The van der Waals surface area contributed by atoms with Gasteiger partial charge in [0, 0.05) is 6.42 Å². The van der Waals surface area contributed by atoms with E-state index in [1.165, 1.54) is 0 Å². The number of aliphatic hydroxyl groups is 2. The largest absolute Gasteiger partial charge is 0.382 e. The Balaban J connectivity index is 3.10. The molecular weight excluding hydrogens is 266 g/mol. The highest BCUT2D eigenvalue weighted by Gasteiger charge is 2.54. The molecule has 0 aromatic rings. The van der Waals surface area contributed by atoms with E-state index in [-0.39, 0.29) is 0 Å². The van der Waals surface area contributed by atoms with Gasteiger partial charge >= 0.3 is 0 Å². The topological polar surface area (TPSA) is 113 Å². The maximum Gasteiger partial charge on any atom is 0.164 e. The van der Waals surface area contributed by atoms with Crippen molar-refractivity contribution in [3.8, 4) is 0 Å². The monoisotopic (exact) mass is 279 g/mol. The molecule has 1 heterocycles. The Morgan fingerprint density at radius 3 is 2.44 bits per heavy atom. The summed E-state index contributed by atoms with van der Waals surface area (Å²) in [7, 11) is 0. The number of aliphatic hydroxyl groups excluding tert-OH is 1. The summed E-state index contributed by atoms with van der Waals surface area (Å²) in [6.45, 7) is 2.15. The highest BCUT2D eigenvalue weighted by atomic mass is 35.5. The Bertz CT molecular complexity index is 375. The fourth-order valence-corrected chi connectivity index (χ4v) is 2.09. The van der Waals surface area contributed by atoms with Crippen molar-refractivity contribution in [2.24, 2.45) is 5.18 Å². The number of alkyl halides is 1. The lowest BCUT2D eigenvalue weighted by atomic mass is 9.80. The van der Waals surface area contributed by atoms with Gasteiger partial charge in [0.25, 0.3) is 0 Å². The second-order valence-corrected chi connectivity index (χ2v) is 4.75. The predicted octanol–water partition coefficient (Wildman–Crippen LogP) is -0.255. The van der Waals surface area contributed by atoms with Crippen molar-refractivity contribution in [3.63, 3.8) is 0 Å². The lowest BCUT2D eigenvalue weighted by Crippen LogP contribution is -2.63. The molecule has 1 fully saturated rings. The molecule has 8 heteroatoms. The van der Waals surface area contributed by atoms with Crippen LogP contribution >= 0.6 is 11.6 Å². The molecule has 0 aromatic heterocycles. The summed E-state index contributed by atoms with van der Waals surface area (Å²) >= 11 is 5.70. The molecule has 0 aliphatic carbocycles. The molecule has 0 aromatic carbocycles. The van der Waals surface area contributed by atoms with Gasteiger partial charge in [0.1, 0.15) is 18.2 Å². The summed E-state index contributed by atoms with van der Waals surface area (Å²) in [5.74, 6) is -1.41. The molecule has 0 spiro atoms. The van der Waals surface area contributed by atoms with Crippen LogP contribution in [0, 0.1) is 4.91 Å². The van der Waals surface area contributed by atoms with Crippen molar-refractivity contribution in [2.75, 3.05) is 0 Å². The molecule has 2 unspecified atom stereocenters. The Labute approximate surface area is 108 Å². The van der Waals surface area contributed by atoms with Crippen LogP contribution < -0.4 is 0 Å². The number of Topliss-reactive ketones (excluding diaryl/α,β-unsaturated/α-hetero) is 2. The molecule has 0 amide bonds. The van der Waals surface area contributed by atoms with Crippen molar-refractivity contribution in [1.82, 2.24) is 0 Å². The molecule has 102 valence electrons. The molecule has 7 nitrogen and oxygen atoms in total. The van der Waals surface area contributed by atoms with E-state index in [2.05, 4.69) is 5.18 Å². The van der Waals surface area contributed by atoms with Crippen molar-refractivity contribution in [1.29, 1.82) is 0 Å². The van der Waals surface area contributed by atoms with Gasteiger partial charge in [0.15, 0.2) is 22.7 Å². The van der Waals surface area contributed by atoms with Gasteiger partial charge in [0.2, 0.25) is 0 Å². The van der Waals surface area contributed by atoms with Crippen LogP contribution in [0.2, 0.25) is 0 Å². The average Bonchev–Trinajstić information content (AvgIpc) is 2.30.